The van der Waals surface area contributed by atoms with Crippen LogP contribution in [0, 0.1) is 5.82 Å². The van der Waals surface area contributed by atoms with Crippen molar-refractivity contribution in [2.45, 2.75) is 6.92 Å². The number of nitrogens with zero attached hydrogens (tertiary/aromatic N) is 7. The molecule has 0 atom stereocenters. The number of fused-ring (bicyclic) bond motifs is 1. The van der Waals surface area contributed by atoms with Gasteiger partial charge < -0.3 is 20.4 Å². The van der Waals surface area contributed by atoms with Gasteiger partial charge in [0.25, 0.3) is 0 Å². The first kappa shape index (κ1) is 20.8. The highest BCUT2D eigenvalue weighted by molar-refractivity contribution is 5.86. The third-order valence-corrected chi connectivity index (χ3v) is 5.30. The molecule has 9 nitrogen and oxygen atoms in total. The maximum absolute atomic E-state index is 14.1. The molecule has 2 aromatic heterocycles. The topological polar surface area (TPSA) is 86.5 Å². The van der Waals surface area contributed by atoms with Gasteiger partial charge >= 0.3 is 0 Å². The fourth-order valence-corrected chi connectivity index (χ4v) is 3.73. The van der Waals surface area contributed by atoms with Crippen LogP contribution in [0.2, 0.25) is 0 Å². The summed E-state index contributed by atoms with van der Waals surface area (Å²) < 4.78 is 15.8. The number of guanidine groups is 1. The van der Waals surface area contributed by atoms with E-state index in [9.17, 15) is 4.39 Å². The van der Waals surface area contributed by atoms with E-state index >= 15 is 0 Å². The standard InChI is InChI=1S/C21H28FN9/c1-3-23-21(31-12-10-30(11-13-31)18-7-5-4-6-17(18)22)25-9-8-24-19-16-14-28-29(2)20(16)27-15-26-19/h4-7,14-15H,3,8-13H2,1-2H3,(H,23,25)(H,24,26,27). The number of hydrogen-bond donors (Lipinski definition) is 2. The highest BCUT2D eigenvalue weighted by Gasteiger charge is 2.21. The highest BCUT2D eigenvalue weighted by Crippen LogP contribution is 2.20. The zero-order chi connectivity index (χ0) is 21.6. The van der Waals surface area contributed by atoms with Crippen LogP contribution in [-0.4, -0.2) is 76.4 Å². The number of piperazine rings is 1. The van der Waals surface area contributed by atoms with Crippen LogP contribution in [0.15, 0.2) is 41.8 Å². The van der Waals surface area contributed by atoms with Crippen molar-refractivity contribution in [3.8, 4) is 0 Å². The van der Waals surface area contributed by atoms with Crippen molar-refractivity contribution in [1.29, 1.82) is 0 Å². The van der Waals surface area contributed by atoms with Crippen LogP contribution in [0.3, 0.4) is 0 Å². The molecule has 0 spiro atoms. The number of halogens is 1. The SMILES string of the molecule is CCNC(=NCCNc1ncnc2c1cnn2C)N1CCN(c2ccccc2F)CC1. The van der Waals surface area contributed by atoms with Gasteiger partial charge in [-0.1, -0.05) is 12.1 Å². The summed E-state index contributed by atoms with van der Waals surface area (Å²) in [5.41, 5.74) is 1.46. The minimum absolute atomic E-state index is 0.171. The predicted octanol–water partition coefficient (Wildman–Crippen LogP) is 1.70. The number of hydrogen-bond acceptors (Lipinski definition) is 6. The molecular formula is C21H28FN9. The molecular weight excluding hydrogens is 397 g/mol. The monoisotopic (exact) mass is 425 g/mol. The van der Waals surface area contributed by atoms with Crippen molar-refractivity contribution in [1.82, 2.24) is 30.0 Å². The normalized spacial score (nSPS) is 14.9. The van der Waals surface area contributed by atoms with Gasteiger partial charge in [-0.15, -0.1) is 0 Å². The van der Waals surface area contributed by atoms with Gasteiger partial charge in [0, 0.05) is 46.3 Å². The van der Waals surface area contributed by atoms with Gasteiger partial charge in [0.2, 0.25) is 0 Å². The Labute approximate surface area is 181 Å². The van der Waals surface area contributed by atoms with Crippen LogP contribution in [-0.2, 0) is 7.05 Å². The lowest BCUT2D eigenvalue weighted by molar-refractivity contribution is 0.371. The van der Waals surface area contributed by atoms with E-state index in [0.717, 1.165) is 55.5 Å². The lowest BCUT2D eigenvalue weighted by Gasteiger charge is -2.37. The Kier molecular flexibility index (Phi) is 6.44. The summed E-state index contributed by atoms with van der Waals surface area (Å²) in [6.45, 7) is 7.18. The molecule has 0 unspecified atom stereocenters. The van der Waals surface area contributed by atoms with E-state index in [0.29, 0.717) is 18.8 Å². The average Bonchev–Trinajstić information content (AvgIpc) is 3.18. The zero-order valence-corrected chi connectivity index (χ0v) is 17.9. The second-order valence-corrected chi connectivity index (χ2v) is 7.32. The molecule has 1 fully saturated rings. The predicted molar refractivity (Wildman–Crippen MR) is 121 cm³/mol. The molecule has 31 heavy (non-hydrogen) atoms. The van der Waals surface area contributed by atoms with Crippen molar-refractivity contribution in [2.75, 3.05) is 56.0 Å². The third-order valence-electron chi connectivity index (χ3n) is 5.30. The Balaban J connectivity index is 1.34. The van der Waals surface area contributed by atoms with E-state index in [4.69, 9.17) is 4.99 Å². The van der Waals surface area contributed by atoms with E-state index < -0.39 is 0 Å². The number of nitrogens with one attached hydrogen (secondary N) is 2. The van der Waals surface area contributed by atoms with Crippen molar-refractivity contribution < 1.29 is 4.39 Å². The largest absolute Gasteiger partial charge is 0.367 e. The first-order valence-electron chi connectivity index (χ1n) is 10.6. The molecule has 10 heteroatoms. The van der Waals surface area contributed by atoms with Crippen LogP contribution in [0.25, 0.3) is 11.0 Å². The summed E-state index contributed by atoms with van der Waals surface area (Å²) in [7, 11) is 1.86. The lowest BCUT2D eigenvalue weighted by Crippen LogP contribution is -2.52. The van der Waals surface area contributed by atoms with Gasteiger partial charge in [-0.05, 0) is 19.1 Å². The fourth-order valence-electron chi connectivity index (χ4n) is 3.73. The van der Waals surface area contributed by atoms with Crippen molar-refractivity contribution in [3.63, 3.8) is 0 Å². The molecule has 0 bridgehead atoms. The van der Waals surface area contributed by atoms with Gasteiger partial charge in [0.15, 0.2) is 11.6 Å². The Morgan fingerprint density at radius 3 is 2.74 bits per heavy atom. The Morgan fingerprint density at radius 1 is 1.16 bits per heavy atom. The van der Waals surface area contributed by atoms with Crippen LogP contribution in [0.4, 0.5) is 15.9 Å². The number of para-hydroxylation sites is 1. The van der Waals surface area contributed by atoms with Crippen molar-refractivity contribution >= 4 is 28.5 Å². The maximum atomic E-state index is 14.1. The summed E-state index contributed by atoms with van der Waals surface area (Å²) in [6.07, 6.45) is 3.30. The van der Waals surface area contributed by atoms with Gasteiger partial charge in [0.1, 0.15) is 18.0 Å². The Bertz CT molecular complexity index is 1040. The molecule has 1 aliphatic rings. The number of aliphatic imine (C=N–C) groups is 1. The smallest absolute Gasteiger partial charge is 0.194 e. The van der Waals surface area contributed by atoms with Crippen LogP contribution in [0.5, 0.6) is 0 Å². The second-order valence-electron chi connectivity index (χ2n) is 7.32. The molecule has 0 saturated carbocycles. The fraction of sp³-hybridized carbons (Fsp3) is 0.429. The zero-order valence-electron chi connectivity index (χ0n) is 17.9. The van der Waals surface area contributed by atoms with Crippen molar-refractivity contribution in [3.05, 3.63) is 42.6 Å². The molecule has 1 aromatic carbocycles. The number of rotatable bonds is 6. The summed E-state index contributed by atoms with van der Waals surface area (Å²) >= 11 is 0. The molecule has 3 aromatic rings. The average molecular weight is 426 g/mol. The van der Waals surface area contributed by atoms with E-state index in [1.54, 1.807) is 16.9 Å². The number of benzene rings is 1. The van der Waals surface area contributed by atoms with Crippen LogP contribution < -0.4 is 15.5 Å². The molecule has 1 aliphatic heterocycles. The minimum Gasteiger partial charge on any atom is -0.367 e. The third kappa shape index (κ3) is 4.68. The number of anilines is 2. The molecule has 164 valence electrons. The van der Waals surface area contributed by atoms with Crippen molar-refractivity contribution in [2.24, 2.45) is 12.0 Å². The number of aromatic nitrogens is 4. The van der Waals surface area contributed by atoms with Crippen LogP contribution in [0.1, 0.15) is 6.92 Å². The van der Waals surface area contributed by atoms with Gasteiger partial charge in [0.05, 0.1) is 23.8 Å². The van der Waals surface area contributed by atoms with E-state index in [1.807, 2.05) is 19.2 Å². The number of aryl methyl sites for hydroxylation is 1. The van der Waals surface area contributed by atoms with Gasteiger partial charge in [-0.2, -0.15) is 5.10 Å². The van der Waals surface area contributed by atoms with E-state index in [-0.39, 0.29) is 5.82 Å². The molecule has 3 heterocycles. The molecule has 4 rings (SSSR count). The molecule has 0 radical (unpaired) electrons. The molecule has 0 amide bonds. The summed E-state index contributed by atoms with van der Waals surface area (Å²) in [4.78, 5) is 17.7. The molecule has 1 saturated heterocycles. The minimum atomic E-state index is -0.171. The summed E-state index contributed by atoms with van der Waals surface area (Å²) in [5, 5.41) is 11.8. The molecule has 2 N–H and O–H groups in total. The Hall–Kier alpha value is -3.43. The first-order chi connectivity index (χ1) is 15.2. The first-order valence-corrected chi connectivity index (χ1v) is 10.6. The Morgan fingerprint density at radius 2 is 1.97 bits per heavy atom. The lowest BCUT2D eigenvalue weighted by atomic mass is 10.2. The van der Waals surface area contributed by atoms with Gasteiger partial charge in [-0.3, -0.25) is 9.67 Å². The van der Waals surface area contributed by atoms with E-state index in [1.165, 1.54) is 12.4 Å². The van der Waals surface area contributed by atoms with E-state index in [2.05, 4.69) is 42.4 Å². The quantitative estimate of drug-likeness (QED) is 0.353. The summed E-state index contributed by atoms with van der Waals surface area (Å²) in [5.74, 6) is 1.47. The van der Waals surface area contributed by atoms with Crippen LogP contribution >= 0.6 is 0 Å². The van der Waals surface area contributed by atoms with Gasteiger partial charge in [-0.25, -0.2) is 14.4 Å². The maximum Gasteiger partial charge on any atom is 0.194 e. The highest BCUT2D eigenvalue weighted by atomic mass is 19.1. The second kappa shape index (κ2) is 9.59. The molecule has 0 aliphatic carbocycles. The summed E-state index contributed by atoms with van der Waals surface area (Å²) in [6, 6.07) is 6.94.